The molecule has 2 aliphatic carbocycles. The first-order chi connectivity index (χ1) is 9.24. The van der Waals surface area contributed by atoms with E-state index >= 15 is 0 Å². The van der Waals surface area contributed by atoms with Gasteiger partial charge in [0, 0.05) is 18.1 Å². The molecule has 2 rings (SSSR count). The second-order valence-electron chi connectivity index (χ2n) is 6.86. The first-order valence-corrected chi connectivity index (χ1v) is 8.75. The SMILES string of the molecule is CCCC1CCC(N(CC)C2CCC(N)CC2)CC1. The summed E-state index contributed by atoms with van der Waals surface area (Å²) in [5.41, 5.74) is 6.05. The average Bonchev–Trinajstić information content (AvgIpc) is 2.44. The van der Waals surface area contributed by atoms with Gasteiger partial charge in [0.15, 0.2) is 0 Å². The molecule has 0 spiro atoms. The van der Waals surface area contributed by atoms with Crippen molar-refractivity contribution >= 4 is 0 Å². The minimum Gasteiger partial charge on any atom is -0.328 e. The summed E-state index contributed by atoms with van der Waals surface area (Å²) in [4.78, 5) is 2.83. The topological polar surface area (TPSA) is 29.3 Å². The third-order valence-corrected chi connectivity index (χ3v) is 5.56. The van der Waals surface area contributed by atoms with Gasteiger partial charge in [-0.25, -0.2) is 0 Å². The van der Waals surface area contributed by atoms with Crippen LogP contribution in [0.15, 0.2) is 0 Å². The van der Waals surface area contributed by atoms with Crippen molar-refractivity contribution in [3.05, 3.63) is 0 Å². The number of nitrogens with two attached hydrogens (primary N) is 1. The van der Waals surface area contributed by atoms with E-state index in [4.69, 9.17) is 5.73 Å². The minimum absolute atomic E-state index is 0.482. The Bertz CT molecular complexity index is 238. The lowest BCUT2D eigenvalue weighted by atomic mass is 9.81. The van der Waals surface area contributed by atoms with E-state index in [1.54, 1.807) is 0 Å². The molecule has 2 heteroatoms. The number of hydrogen-bond acceptors (Lipinski definition) is 2. The average molecular weight is 266 g/mol. The van der Waals surface area contributed by atoms with Gasteiger partial charge in [-0.15, -0.1) is 0 Å². The van der Waals surface area contributed by atoms with Crippen molar-refractivity contribution in [2.75, 3.05) is 6.54 Å². The summed E-state index contributed by atoms with van der Waals surface area (Å²) in [5.74, 6) is 1.03. The highest BCUT2D eigenvalue weighted by Crippen LogP contribution is 2.33. The second kappa shape index (κ2) is 7.64. The highest BCUT2D eigenvalue weighted by atomic mass is 15.2. The summed E-state index contributed by atoms with van der Waals surface area (Å²) < 4.78 is 0. The molecule has 0 aliphatic heterocycles. The van der Waals surface area contributed by atoms with Crippen LogP contribution in [0.25, 0.3) is 0 Å². The Morgan fingerprint density at radius 3 is 1.84 bits per heavy atom. The maximum absolute atomic E-state index is 6.05. The van der Waals surface area contributed by atoms with E-state index in [-0.39, 0.29) is 0 Å². The van der Waals surface area contributed by atoms with Crippen LogP contribution < -0.4 is 5.73 Å². The fraction of sp³-hybridized carbons (Fsp3) is 1.00. The molecule has 19 heavy (non-hydrogen) atoms. The summed E-state index contributed by atoms with van der Waals surface area (Å²) >= 11 is 0. The molecule has 2 nitrogen and oxygen atoms in total. The van der Waals surface area contributed by atoms with Crippen LogP contribution in [0.3, 0.4) is 0 Å². The molecule has 0 aromatic rings. The van der Waals surface area contributed by atoms with Gasteiger partial charge in [-0.1, -0.05) is 26.7 Å². The van der Waals surface area contributed by atoms with E-state index in [1.165, 1.54) is 70.8 Å². The van der Waals surface area contributed by atoms with E-state index in [2.05, 4.69) is 18.7 Å². The molecule has 0 bridgehead atoms. The van der Waals surface area contributed by atoms with Gasteiger partial charge in [0.05, 0.1) is 0 Å². The molecule has 2 saturated carbocycles. The molecule has 2 N–H and O–H groups in total. The summed E-state index contributed by atoms with van der Waals surface area (Å²) in [5, 5.41) is 0. The van der Waals surface area contributed by atoms with Crippen molar-refractivity contribution < 1.29 is 0 Å². The predicted octanol–water partition coefficient (Wildman–Crippen LogP) is 3.94. The molecule has 0 amide bonds. The van der Waals surface area contributed by atoms with Crippen LogP contribution in [0.1, 0.15) is 78.1 Å². The van der Waals surface area contributed by atoms with E-state index in [1.807, 2.05) is 0 Å². The highest BCUT2D eigenvalue weighted by Gasteiger charge is 2.30. The van der Waals surface area contributed by atoms with Gasteiger partial charge >= 0.3 is 0 Å². The molecule has 2 aliphatic rings. The van der Waals surface area contributed by atoms with Crippen molar-refractivity contribution in [1.29, 1.82) is 0 Å². The van der Waals surface area contributed by atoms with Gasteiger partial charge in [0.2, 0.25) is 0 Å². The van der Waals surface area contributed by atoms with Gasteiger partial charge in [-0.3, -0.25) is 4.90 Å². The molecule has 0 radical (unpaired) electrons. The van der Waals surface area contributed by atoms with E-state index < -0.39 is 0 Å². The molecular weight excluding hydrogens is 232 g/mol. The zero-order valence-electron chi connectivity index (χ0n) is 13.1. The molecule has 0 atom stereocenters. The van der Waals surface area contributed by atoms with Crippen LogP contribution in [0.5, 0.6) is 0 Å². The summed E-state index contributed by atoms with van der Waals surface area (Å²) in [7, 11) is 0. The van der Waals surface area contributed by atoms with Crippen molar-refractivity contribution in [3.63, 3.8) is 0 Å². The standard InChI is InChI=1S/C17H34N2/c1-3-5-14-6-10-16(11-7-14)19(4-2)17-12-8-15(18)9-13-17/h14-17H,3-13,18H2,1-2H3. The third-order valence-electron chi connectivity index (χ3n) is 5.56. The van der Waals surface area contributed by atoms with Crippen molar-refractivity contribution in [2.45, 2.75) is 96.2 Å². The highest BCUT2D eigenvalue weighted by molar-refractivity contribution is 4.87. The Morgan fingerprint density at radius 1 is 0.842 bits per heavy atom. The Kier molecular flexibility index (Phi) is 6.15. The Hall–Kier alpha value is -0.0800. The van der Waals surface area contributed by atoms with Gasteiger partial charge in [-0.05, 0) is 63.8 Å². The van der Waals surface area contributed by atoms with Crippen LogP contribution in [0, 0.1) is 5.92 Å². The maximum Gasteiger partial charge on any atom is 0.00992 e. The molecule has 0 saturated heterocycles. The summed E-state index contributed by atoms with van der Waals surface area (Å²) in [6, 6.07) is 2.19. The lowest BCUT2D eigenvalue weighted by Gasteiger charge is -2.43. The van der Waals surface area contributed by atoms with Gasteiger partial charge < -0.3 is 5.73 Å². The quantitative estimate of drug-likeness (QED) is 0.816. The molecule has 0 aromatic heterocycles. The maximum atomic E-state index is 6.05. The number of hydrogen-bond donors (Lipinski definition) is 1. The van der Waals surface area contributed by atoms with Gasteiger partial charge in [0.1, 0.15) is 0 Å². The number of nitrogens with zero attached hydrogens (tertiary/aromatic N) is 1. The Morgan fingerprint density at radius 2 is 1.37 bits per heavy atom. The largest absolute Gasteiger partial charge is 0.328 e. The molecule has 0 unspecified atom stereocenters. The van der Waals surface area contributed by atoms with Crippen molar-refractivity contribution in [2.24, 2.45) is 11.7 Å². The molecule has 0 heterocycles. The number of rotatable bonds is 5. The van der Waals surface area contributed by atoms with Crippen molar-refractivity contribution in [1.82, 2.24) is 4.90 Å². The minimum atomic E-state index is 0.482. The van der Waals surface area contributed by atoms with Gasteiger partial charge in [0.25, 0.3) is 0 Å². The zero-order chi connectivity index (χ0) is 13.7. The molecule has 2 fully saturated rings. The van der Waals surface area contributed by atoms with Crippen LogP contribution in [-0.2, 0) is 0 Å². The Balaban J connectivity index is 1.82. The normalized spacial score (nSPS) is 36.6. The first kappa shape index (κ1) is 15.3. The molecular formula is C17H34N2. The summed E-state index contributed by atoms with van der Waals surface area (Å²) in [6.07, 6.45) is 13.8. The fourth-order valence-electron chi connectivity index (χ4n) is 4.42. The van der Waals surface area contributed by atoms with E-state index in [0.29, 0.717) is 6.04 Å². The zero-order valence-corrected chi connectivity index (χ0v) is 13.1. The van der Waals surface area contributed by atoms with Crippen LogP contribution in [-0.4, -0.2) is 29.6 Å². The molecule has 112 valence electrons. The predicted molar refractivity (Wildman–Crippen MR) is 83.3 cm³/mol. The van der Waals surface area contributed by atoms with Crippen LogP contribution >= 0.6 is 0 Å². The fourth-order valence-corrected chi connectivity index (χ4v) is 4.42. The van der Waals surface area contributed by atoms with Crippen LogP contribution in [0.2, 0.25) is 0 Å². The summed E-state index contributed by atoms with van der Waals surface area (Å²) in [6.45, 7) is 5.92. The second-order valence-corrected chi connectivity index (χ2v) is 6.86. The lowest BCUT2D eigenvalue weighted by Crippen LogP contribution is -2.47. The first-order valence-electron chi connectivity index (χ1n) is 8.75. The lowest BCUT2D eigenvalue weighted by molar-refractivity contribution is 0.0719. The molecule has 0 aromatic carbocycles. The third kappa shape index (κ3) is 4.19. The smallest absolute Gasteiger partial charge is 0.00992 e. The van der Waals surface area contributed by atoms with Crippen LogP contribution in [0.4, 0.5) is 0 Å². The monoisotopic (exact) mass is 266 g/mol. The van der Waals surface area contributed by atoms with Crippen molar-refractivity contribution in [3.8, 4) is 0 Å². The van der Waals surface area contributed by atoms with E-state index in [9.17, 15) is 0 Å². The Labute approximate surface area is 120 Å². The van der Waals surface area contributed by atoms with E-state index in [0.717, 1.165) is 18.0 Å². The van der Waals surface area contributed by atoms with Gasteiger partial charge in [-0.2, -0.15) is 0 Å².